The molecule has 0 aliphatic heterocycles. The average molecular weight is 202 g/mol. The van der Waals surface area contributed by atoms with E-state index in [-0.39, 0.29) is 0 Å². The number of ether oxygens (including phenoxy) is 1. The first-order valence-electron chi connectivity index (χ1n) is 5.62. The summed E-state index contributed by atoms with van der Waals surface area (Å²) in [5.74, 6) is 0. The van der Waals surface area contributed by atoms with Crippen molar-refractivity contribution in [1.29, 1.82) is 0 Å². The second-order valence-corrected chi connectivity index (χ2v) is 3.86. The van der Waals surface area contributed by atoms with Crippen LogP contribution in [0.25, 0.3) is 0 Å². The molecule has 0 saturated carbocycles. The normalized spacial score (nSPS) is 13.5. The highest BCUT2D eigenvalue weighted by atomic mass is 16.5. The van der Waals surface area contributed by atoms with Gasteiger partial charge in [-0.3, -0.25) is 0 Å². The van der Waals surface area contributed by atoms with Crippen molar-refractivity contribution < 1.29 is 4.74 Å². The second kappa shape index (κ2) is 9.44. The monoisotopic (exact) mass is 202 g/mol. The van der Waals surface area contributed by atoms with Gasteiger partial charge in [-0.15, -0.1) is 0 Å². The first-order chi connectivity index (χ1) is 6.72. The van der Waals surface area contributed by atoms with Crippen LogP contribution in [-0.2, 0) is 4.74 Å². The fourth-order valence-corrected chi connectivity index (χ4v) is 1.29. The quantitative estimate of drug-likeness (QED) is 0.571. The van der Waals surface area contributed by atoms with Crippen molar-refractivity contribution in [2.24, 2.45) is 0 Å². The Bertz CT molecular complexity index is 120. The highest BCUT2D eigenvalue weighted by molar-refractivity contribution is 4.64. The van der Waals surface area contributed by atoms with E-state index in [1.54, 1.807) is 7.11 Å². The van der Waals surface area contributed by atoms with E-state index in [0.717, 1.165) is 26.2 Å². The summed E-state index contributed by atoms with van der Waals surface area (Å²) in [5.41, 5.74) is 0. The van der Waals surface area contributed by atoms with Gasteiger partial charge < -0.3 is 15.0 Å². The molecule has 1 unspecified atom stereocenters. The molecule has 0 fully saturated rings. The third kappa shape index (κ3) is 7.30. The minimum absolute atomic E-state index is 0.634. The lowest BCUT2D eigenvalue weighted by atomic mass is 10.2. The van der Waals surface area contributed by atoms with E-state index in [9.17, 15) is 0 Å². The summed E-state index contributed by atoms with van der Waals surface area (Å²) in [6.07, 6.45) is 2.42. The van der Waals surface area contributed by atoms with Crippen molar-refractivity contribution in [1.82, 2.24) is 10.2 Å². The Labute approximate surface area is 88.8 Å². The molecule has 1 N–H and O–H groups in total. The van der Waals surface area contributed by atoms with E-state index in [1.165, 1.54) is 12.8 Å². The highest BCUT2D eigenvalue weighted by Crippen LogP contribution is 1.99. The Morgan fingerprint density at radius 1 is 1.36 bits per heavy atom. The van der Waals surface area contributed by atoms with Crippen molar-refractivity contribution in [3.05, 3.63) is 0 Å². The summed E-state index contributed by atoms with van der Waals surface area (Å²) >= 11 is 0. The van der Waals surface area contributed by atoms with Crippen LogP contribution in [0.5, 0.6) is 0 Å². The topological polar surface area (TPSA) is 24.5 Å². The molecule has 0 radical (unpaired) electrons. The Kier molecular flexibility index (Phi) is 9.35. The molecular formula is C11H26N2O. The summed E-state index contributed by atoms with van der Waals surface area (Å²) in [6.45, 7) is 8.56. The van der Waals surface area contributed by atoms with Gasteiger partial charge >= 0.3 is 0 Å². The van der Waals surface area contributed by atoms with Crippen LogP contribution in [0.3, 0.4) is 0 Å². The molecule has 0 heterocycles. The van der Waals surface area contributed by atoms with Crippen LogP contribution in [0.15, 0.2) is 0 Å². The number of likely N-dealkylation sites (N-methyl/N-ethyl adjacent to an activating group) is 1. The Balaban J connectivity index is 3.36. The van der Waals surface area contributed by atoms with Crippen LogP contribution >= 0.6 is 0 Å². The SMILES string of the molecule is CCCNCCC(C)N(C)CCOC. The number of nitrogens with zero attached hydrogens (tertiary/aromatic N) is 1. The Morgan fingerprint density at radius 3 is 2.64 bits per heavy atom. The van der Waals surface area contributed by atoms with Gasteiger partial charge in [0.15, 0.2) is 0 Å². The van der Waals surface area contributed by atoms with Crippen molar-refractivity contribution in [3.63, 3.8) is 0 Å². The first-order valence-corrected chi connectivity index (χ1v) is 5.62. The lowest BCUT2D eigenvalue weighted by molar-refractivity contribution is 0.140. The summed E-state index contributed by atoms with van der Waals surface area (Å²) < 4.78 is 5.05. The molecule has 0 rings (SSSR count). The molecule has 0 spiro atoms. The zero-order valence-corrected chi connectivity index (χ0v) is 10.2. The number of hydrogen-bond donors (Lipinski definition) is 1. The molecule has 3 nitrogen and oxygen atoms in total. The molecule has 3 heteroatoms. The number of hydrogen-bond acceptors (Lipinski definition) is 3. The van der Waals surface area contributed by atoms with E-state index in [2.05, 4.69) is 31.1 Å². The third-order valence-corrected chi connectivity index (χ3v) is 2.57. The average Bonchev–Trinajstić information content (AvgIpc) is 2.20. The summed E-state index contributed by atoms with van der Waals surface area (Å²) in [7, 11) is 3.91. The molecule has 86 valence electrons. The fraction of sp³-hybridized carbons (Fsp3) is 1.00. The molecule has 0 aromatic carbocycles. The lowest BCUT2D eigenvalue weighted by Crippen LogP contribution is -2.34. The van der Waals surface area contributed by atoms with Gasteiger partial charge in [0, 0.05) is 19.7 Å². The van der Waals surface area contributed by atoms with E-state index < -0.39 is 0 Å². The third-order valence-electron chi connectivity index (χ3n) is 2.57. The van der Waals surface area contributed by atoms with E-state index in [1.807, 2.05) is 0 Å². The Morgan fingerprint density at radius 2 is 2.07 bits per heavy atom. The van der Waals surface area contributed by atoms with Gasteiger partial charge in [-0.2, -0.15) is 0 Å². The maximum absolute atomic E-state index is 5.05. The smallest absolute Gasteiger partial charge is 0.0589 e. The minimum Gasteiger partial charge on any atom is -0.383 e. The maximum Gasteiger partial charge on any atom is 0.0589 e. The summed E-state index contributed by atoms with van der Waals surface area (Å²) in [5, 5.41) is 3.42. The highest BCUT2D eigenvalue weighted by Gasteiger charge is 2.07. The van der Waals surface area contributed by atoms with Gasteiger partial charge in [0.2, 0.25) is 0 Å². The number of methoxy groups -OCH3 is 1. The lowest BCUT2D eigenvalue weighted by Gasteiger charge is -2.24. The van der Waals surface area contributed by atoms with E-state index in [4.69, 9.17) is 4.74 Å². The summed E-state index contributed by atoms with van der Waals surface area (Å²) in [4.78, 5) is 2.34. The van der Waals surface area contributed by atoms with Gasteiger partial charge in [-0.1, -0.05) is 6.92 Å². The fourth-order valence-electron chi connectivity index (χ4n) is 1.29. The van der Waals surface area contributed by atoms with Crippen LogP contribution < -0.4 is 5.32 Å². The molecule has 0 aromatic heterocycles. The van der Waals surface area contributed by atoms with Crippen LogP contribution in [0, 0.1) is 0 Å². The Hall–Kier alpha value is -0.120. The van der Waals surface area contributed by atoms with Gasteiger partial charge in [0.1, 0.15) is 0 Å². The van der Waals surface area contributed by atoms with Crippen LogP contribution in [-0.4, -0.2) is 51.3 Å². The molecule has 0 amide bonds. The predicted molar refractivity (Wildman–Crippen MR) is 61.7 cm³/mol. The maximum atomic E-state index is 5.05. The number of rotatable bonds is 9. The van der Waals surface area contributed by atoms with Crippen LogP contribution in [0.2, 0.25) is 0 Å². The molecule has 1 atom stereocenters. The van der Waals surface area contributed by atoms with Crippen LogP contribution in [0.4, 0.5) is 0 Å². The first kappa shape index (κ1) is 13.9. The zero-order chi connectivity index (χ0) is 10.8. The predicted octanol–water partition coefficient (Wildman–Crippen LogP) is 1.34. The summed E-state index contributed by atoms with van der Waals surface area (Å²) in [6, 6.07) is 0.634. The van der Waals surface area contributed by atoms with Crippen molar-refractivity contribution in [2.45, 2.75) is 32.7 Å². The van der Waals surface area contributed by atoms with Crippen LogP contribution in [0.1, 0.15) is 26.7 Å². The molecule has 0 aliphatic carbocycles. The molecule has 0 aromatic rings. The van der Waals surface area contributed by atoms with Gasteiger partial charge in [-0.25, -0.2) is 0 Å². The van der Waals surface area contributed by atoms with Gasteiger partial charge in [-0.05, 0) is 39.9 Å². The zero-order valence-electron chi connectivity index (χ0n) is 10.2. The minimum atomic E-state index is 0.634. The van der Waals surface area contributed by atoms with E-state index >= 15 is 0 Å². The van der Waals surface area contributed by atoms with Gasteiger partial charge in [0.25, 0.3) is 0 Å². The molecule has 14 heavy (non-hydrogen) atoms. The van der Waals surface area contributed by atoms with Crippen molar-refractivity contribution in [2.75, 3.05) is 40.4 Å². The molecule has 0 saturated heterocycles. The van der Waals surface area contributed by atoms with Crippen molar-refractivity contribution >= 4 is 0 Å². The molecular weight excluding hydrogens is 176 g/mol. The van der Waals surface area contributed by atoms with Crippen molar-refractivity contribution in [3.8, 4) is 0 Å². The number of nitrogens with one attached hydrogen (secondary N) is 1. The second-order valence-electron chi connectivity index (χ2n) is 3.86. The standard InChI is InChI=1S/C11H26N2O/c1-5-7-12-8-6-11(2)13(3)9-10-14-4/h11-12H,5-10H2,1-4H3. The largest absolute Gasteiger partial charge is 0.383 e. The van der Waals surface area contributed by atoms with Gasteiger partial charge in [0.05, 0.1) is 6.61 Å². The molecule has 0 bridgehead atoms. The van der Waals surface area contributed by atoms with E-state index in [0.29, 0.717) is 6.04 Å². The molecule has 0 aliphatic rings.